The number of halogens is 1. The smallest absolute Gasteiger partial charge is 0.289 e. The van der Waals surface area contributed by atoms with Crippen molar-refractivity contribution in [2.45, 2.75) is 32.7 Å². The van der Waals surface area contributed by atoms with Gasteiger partial charge in [0.05, 0.1) is 27.8 Å². The minimum atomic E-state index is -2.57. The summed E-state index contributed by atoms with van der Waals surface area (Å²) in [6, 6.07) is 24.7. The van der Waals surface area contributed by atoms with E-state index in [0.717, 1.165) is 28.3 Å². The lowest BCUT2D eigenvalue weighted by Gasteiger charge is -2.18. The molecule has 0 bridgehead atoms. The zero-order valence-electron chi connectivity index (χ0n) is 22.1. The monoisotopic (exact) mass is 606 g/mol. The van der Waals surface area contributed by atoms with E-state index in [9.17, 15) is 18.4 Å². The van der Waals surface area contributed by atoms with Crippen molar-refractivity contribution in [2.24, 2.45) is 0 Å². The number of unbranched alkanes of at least 4 members (excludes halogenated alkanes) is 1. The molecule has 0 aliphatic heterocycles. The second-order valence-corrected chi connectivity index (χ2v) is 11.4. The van der Waals surface area contributed by atoms with Gasteiger partial charge >= 0.3 is 5.69 Å². The minimum Gasteiger partial charge on any atom is -0.289 e. The van der Waals surface area contributed by atoms with Crippen LogP contribution in [0, 0.1) is 0 Å². The Labute approximate surface area is 248 Å². The first kappa shape index (κ1) is 28.7. The predicted molar refractivity (Wildman–Crippen MR) is 164 cm³/mol. The molecule has 1 N–H and O–H groups in total. The average molecular weight is 607 g/mol. The highest BCUT2D eigenvalue weighted by molar-refractivity contribution is 7.81. The first-order valence-electron chi connectivity index (χ1n) is 13.0. The minimum absolute atomic E-state index is 0.269. The van der Waals surface area contributed by atoms with Crippen molar-refractivity contribution < 1.29 is 13.6 Å². The fraction of sp³-hybridized carbons (Fsp3) is 0.167. The van der Waals surface area contributed by atoms with E-state index in [1.54, 1.807) is 64.5 Å². The van der Waals surface area contributed by atoms with Crippen molar-refractivity contribution >= 4 is 45.8 Å². The number of anilines is 1. The molecule has 3 aromatic carbocycles. The van der Waals surface area contributed by atoms with Gasteiger partial charge in [0, 0.05) is 12.0 Å². The molecular weight excluding hydrogens is 580 g/mol. The molecule has 2 heterocycles. The van der Waals surface area contributed by atoms with E-state index < -0.39 is 17.2 Å². The number of para-hydroxylation sites is 1. The molecule has 41 heavy (non-hydrogen) atoms. The molecule has 0 saturated carbocycles. The van der Waals surface area contributed by atoms with Crippen LogP contribution in [-0.2, 0) is 24.2 Å². The maximum absolute atomic E-state index is 13.4. The number of aryl methyl sites for hydroxylation is 1. The summed E-state index contributed by atoms with van der Waals surface area (Å²) in [5.74, 6) is 0.110. The molecule has 0 fully saturated rings. The summed E-state index contributed by atoms with van der Waals surface area (Å²) in [6.45, 7) is 2.41. The number of nitrogens with zero attached hydrogens (tertiary/aromatic N) is 4. The fourth-order valence-corrected chi connectivity index (χ4v) is 6.21. The van der Waals surface area contributed by atoms with Gasteiger partial charge in [-0.05, 0) is 53.3 Å². The number of thiophene rings is 1. The van der Waals surface area contributed by atoms with Crippen LogP contribution in [0.15, 0.2) is 95.1 Å². The van der Waals surface area contributed by atoms with Crippen LogP contribution < -0.4 is 9.99 Å². The topological polar surface area (TPSA) is 97.4 Å². The highest BCUT2D eigenvalue weighted by Gasteiger charge is 2.26. The molecule has 11 heteroatoms. The van der Waals surface area contributed by atoms with Crippen molar-refractivity contribution in [3.8, 4) is 16.1 Å². The molecule has 210 valence electrons. The summed E-state index contributed by atoms with van der Waals surface area (Å²) in [6.07, 6.45) is 2.51. The summed E-state index contributed by atoms with van der Waals surface area (Å²) >= 11 is 5.16. The van der Waals surface area contributed by atoms with Gasteiger partial charge in [0.15, 0.2) is 0 Å². The molecule has 1 atom stereocenters. The Morgan fingerprint density at radius 2 is 1.73 bits per heavy atom. The van der Waals surface area contributed by atoms with E-state index in [1.807, 2.05) is 30.3 Å². The molecule has 5 rings (SSSR count). The Morgan fingerprint density at radius 1 is 1.02 bits per heavy atom. The van der Waals surface area contributed by atoms with E-state index in [0.29, 0.717) is 45.6 Å². The van der Waals surface area contributed by atoms with Gasteiger partial charge in [-0.25, -0.2) is 13.3 Å². The lowest BCUT2D eigenvalue weighted by molar-refractivity contribution is 0.100. The molecule has 2 aromatic heterocycles. The Kier molecular flexibility index (Phi) is 8.94. The van der Waals surface area contributed by atoms with Crippen LogP contribution in [0.5, 0.6) is 0 Å². The summed E-state index contributed by atoms with van der Waals surface area (Å²) in [4.78, 5) is 27.2. The highest BCUT2D eigenvalue weighted by atomic mass is 35.5. The number of hydrogen-bond donors (Lipinski definition) is 1. The number of hydrogen-bond acceptors (Lipinski definition) is 5. The Balaban J connectivity index is 1.45. The van der Waals surface area contributed by atoms with Crippen LogP contribution in [-0.4, -0.2) is 29.0 Å². The van der Waals surface area contributed by atoms with Gasteiger partial charge in [-0.3, -0.25) is 13.9 Å². The number of benzene rings is 3. The zero-order chi connectivity index (χ0) is 28.9. The van der Waals surface area contributed by atoms with Gasteiger partial charge in [0.1, 0.15) is 5.82 Å². The summed E-state index contributed by atoms with van der Waals surface area (Å²) < 4.78 is 26.2. The third kappa shape index (κ3) is 6.11. The maximum atomic E-state index is 13.4. The molecule has 0 spiro atoms. The van der Waals surface area contributed by atoms with Crippen molar-refractivity contribution in [3.63, 3.8) is 0 Å². The summed E-state index contributed by atoms with van der Waals surface area (Å²) in [5, 5.41) is 6.84. The Morgan fingerprint density at radius 3 is 2.41 bits per heavy atom. The van der Waals surface area contributed by atoms with Crippen molar-refractivity contribution in [1.82, 2.24) is 14.3 Å². The van der Waals surface area contributed by atoms with Gasteiger partial charge < -0.3 is 0 Å². The number of amides is 1. The second kappa shape index (κ2) is 12.8. The van der Waals surface area contributed by atoms with E-state index in [4.69, 9.17) is 11.6 Å². The molecule has 5 aromatic rings. The Bertz CT molecular complexity index is 1750. The van der Waals surface area contributed by atoms with E-state index >= 15 is 0 Å². The van der Waals surface area contributed by atoms with Gasteiger partial charge in [-0.15, -0.1) is 16.4 Å². The molecule has 0 saturated heterocycles. The number of aromatic nitrogens is 3. The third-order valence-electron chi connectivity index (χ3n) is 6.56. The quantitative estimate of drug-likeness (QED) is 0.181. The predicted octanol–water partition coefficient (Wildman–Crippen LogP) is 6.59. The summed E-state index contributed by atoms with van der Waals surface area (Å²) in [7, 11) is 0. The molecule has 0 radical (unpaired) electrons. The van der Waals surface area contributed by atoms with Crippen molar-refractivity contribution in [1.29, 1.82) is 0 Å². The fourth-order valence-electron chi connectivity index (χ4n) is 4.48. The maximum Gasteiger partial charge on any atom is 0.351 e. The normalized spacial score (nSPS) is 11.9. The van der Waals surface area contributed by atoms with Crippen LogP contribution in [0.25, 0.3) is 16.1 Å². The lowest BCUT2D eigenvalue weighted by atomic mass is 10.1. The van der Waals surface area contributed by atoms with Crippen LogP contribution in [0.1, 0.15) is 41.5 Å². The van der Waals surface area contributed by atoms with Gasteiger partial charge in [0.25, 0.3) is 17.2 Å². The van der Waals surface area contributed by atoms with Crippen LogP contribution in [0.3, 0.4) is 0 Å². The van der Waals surface area contributed by atoms with E-state index in [2.05, 4.69) is 12.0 Å². The standard InChI is InChI=1S/C30H27ClN4O4S2/c1-2-3-13-27-32-34(25-12-8-7-11-24(25)31)30(37)33(27)20-21-14-16-22(17-15-21)28-26(18-19-40-28)35(41(38)39)29(36)23-9-5-4-6-10-23/h4-12,14-19H,2-3,13,20H2,1H3,(H,38,39). The number of carbonyl (C=O) groups is 1. The largest absolute Gasteiger partial charge is 0.351 e. The molecule has 1 unspecified atom stereocenters. The SMILES string of the molecule is CCCCc1nn(-c2ccccc2Cl)c(=O)n1Cc1ccc(-c2sccc2N(C(=O)c2ccccc2)S(=O)O)cc1. The first-order valence-corrected chi connectivity index (χ1v) is 15.3. The van der Waals surface area contributed by atoms with Crippen molar-refractivity contribution in [3.05, 3.63) is 123 Å². The van der Waals surface area contributed by atoms with Gasteiger partial charge in [0.2, 0.25) is 0 Å². The Hall–Kier alpha value is -3.83. The molecule has 8 nitrogen and oxygen atoms in total. The van der Waals surface area contributed by atoms with E-state index in [-0.39, 0.29) is 5.69 Å². The zero-order valence-corrected chi connectivity index (χ0v) is 24.5. The van der Waals surface area contributed by atoms with Crippen LogP contribution in [0.4, 0.5) is 5.69 Å². The number of rotatable bonds is 10. The lowest BCUT2D eigenvalue weighted by Crippen LogP contribution is -2.32. The molecule has 0 aliphatic rings. The first-order chi connectivity index (χ1) is 19.9. The van der Waals surface area contributed by atoms with Crippen LogP contribution >= 0.6 is 22.9 Å². The summed E-state index contributed by atoms with van der Waals surface area (Å²) in [5.41, 5.74) is 2.58. The highest BCUT2D eigenvalue weighted by Crippen LogP contribution is 2.37. The number of carbonyl (C=O) groups excluding carboxylic acids is 1. The average Bonchev–Trinajstić information content (AvgIpc) is 3.58. The van der Waals surface area contributed by atoms with E-state index in [1.165, 1.54) is 16.0 Å². The molecule has 0 aliphatic carbocycles. The van der Waals surface area contributed by atoms with Crippen LogP contribution in [0.2, 0.25) is 5.02 Å². The molecule has 1 amide bonds. The van der Waals surface area contributed by atoms with Crippen molar-refractivity contribution in [2.75, 3.05) is 4.31 Å². The third-order valence-corrected chi connectivity index (χ3v) is 8.50. The second-order valence-electron chi connectivity index (χ2n) is 9.28. The van der Waals surface area contributed by atoms with Gasteiger partial charge in [-0.2, -0.15) is 4.68 Å². The van der Waals surface area contributed by atoms with Gasteiger partial charge in [-0.1, -0.05) is 79.5 Å². The molecular formula is C30H27ClN4O4S2.